The summed E-state index contributed by atoms with van der Waals surface area (Å²) in [5.74, 6) is -1.66. The highest BCUT2D eigenvalue weighted by Crippen LogP contribution is 2.27. The fraction of sp³-hybridized carbons (Fsp3) is 0.0870. The van der Waals surface area contributed by atoms with Crippen LogP contribution >= 0.6 is 0 Å². The Kier molecular flexibility index (Phi) is 5.97. The number of benzene rings is 2. The van der Waals surface area contributed by atoms with Crippen LogP contribution in [0.3, 0.4) is 0 Å². The van der Waals surface area contributed by atoms with Crippen molar-refractivity contribution in [1.82, 2.24) is 4.98 Å². The van der Waals surface area contributed by atoms with Gasteiger partial charge in [0.05, 0.1) is 23.4 Å². The maximum absolute atomic E-state index is 12.7. The van der Waals surface area contributed by atoms with Gasteiger partial charge in [-0.15, -0.1) is 0 Å². The van der Waals surface area contributed by atoms with Crippen LogP contribution in [0, 0.1) is 0 Å². The fourth-order valence-electron chi connectivity index (χ4n) is 2.86. The molecule has 140 valence electrons. The Hall–Kier alpha value is -3.73. The number of hydrogen-bond acceptors (Lipinski definition) is 4. The molecule has 0 amide bonds. The Morgan fingerprint density at radius 1 is 1.00 bits per heavy atom. The summed E-state index contributed by atoms with van der Waals surface area (Å²) < 4.78 is 5.22. The van der Waals surface area contributed by atoms with Crippen LogP contribution in [0.5, 0.6) is 0 Å². The van der Waals surface area contributed by atoms with E-state index in [0.717, 1.165) is 17.0 Å². The molecule has 0 fully saturated rings. The first kappa shape index (κ1) is 19.0. The Bertz CT molecular complexity index is 1070. The first-order valence-corrected chi connectivity index (χ1v) is 8.84. The number of ether oxygens (including phenoxy) is 1. The van der Waals surface area contributed by atoms with Crippen LogP contribution in [-0.4, -0.2) is 28.6 Å². The predicted molar refractivity (Wildman–Crippen MR) is 110 cm³/mol. The summed E-state index contributed by atoms with van der Waals surface area (Å²) in [6.07, 6.45) is 6.02. The minimum Gasteiger partial charge on any atom is -0.478 e. The molecule has 3 aromatic rings. The zero-order chi connectivity index (χ0) is 19.9. The smallest absolute Gasteiger partial charge is 0.340 e. The Labute approximate surface area is 162 Å². The van der Waals surface area contributed by atoms with Crippen molar-refractivity contribution in [2.24, 2.45) is 0 Å². The summed E-state index contributed by atoms with van der Waals surface area (Å²) in [6, 6.07) is 17.1. The molecule has 0 saturated carbocycles. The van der Waals surface area contributed by atoms with Gasteiger partial charge in [0, 0.05) is 17.0 Å². The van der Waals surface area contributed by atoms with E-state index >= 15 is 0 Å². The minimum atomic E-state index is -1.12. The predicted octanol–water partition coefficient (Wildman–Crippen LogP) is 4.68. The second-order valence-corrected chi connectivity index (χ2v) is 5.94. The highest BCUT2D eigenvalue weighted by Gasteiger charge is 2.20. The van der Waals surface area contributed by atoms with Crippen molar-refractivity contribution < 1.29 is 19.4 Å². The third-order valence-corrected chi connectivity index (χ3v) is 4.07. The van der Waals surface area contributed by atoms with Crippen molar-refractivity contribution in [2.75, 3.05) is 6.61 Å². The molecule has 0 atom stereocenters. The van der Waals surface area contributed by atoms with Gasteiger partial charge in [0.2, 0.25) is 0 Å². The topological polar surface area (TPSA) is 76.5 Å². The maximum atomic E-state index is 12.7. The van der Waals surface area contributed by atoms with Gasteiger partial charge in [0.15, 0.2) is 0 Å². The van der Waals surface area contributed by atoms with Crippen LogP contribution in [0.15, 0.2) is 60.7 Å². The lowest BCUT2D eigenvalue weighted by atomic mass is 9.98. The summed E-state index contributed by atoms with van der Waals surface area (Å²) in [5, 5.41) is 9.78. The first-order valence-electron chi connectivity index (χ1n) is 8.84. The molecular formula is C23H19NO4. The molecular weight excluding hydrogens is 354 g/mol. The summed E-state index contributed by atoms with van der Waals surface area (Å²) >= 11 is 0. The molecule has 5 nitrogen and oxygen atoms in total. The molecule has 0 aliphatic carbocycles. The van der Waals surface area contributed by atoms with Gasteiger partial charge in [-0.25, -0.2) is 14.6 Å². The zero-order valence-corrected chi connectivity index (χ0v) is 15.3. The number of hydrogen-bond donors (Lipinski definition) is 1. The highest BCUT2D eigenvalue weighted by molar-refractivity contribution is 6.05. The molecule has 0 bridgehead atoms. The Morgan fingerprint density at radius 3 is 2.43 bits per heavy atom. The van der Waals surface area contributed by atoms with Crippen LogP contribution in [-0.2, 0) is 9.53 Å². The largest absolute Gasteiger partial charge is 0.478 e. The van der Waals surface area contributed by atoms with Crippen LogP contribution in [0.1, 0.15) is 34.1 Å². The zero-order valence-electron chi connectivity index (χ0n) is 15.3. The number of carboxylic acid groups (broad SMARTS) is 1. The fourth-order valence-corrected chi connectivity index (χ4v) is 2.86. The average molecular weight is 373 g/mol. The van der Waals surface area contributed by atoms with Crippen molar-refractivity contribution in [3.05, 3.63) is 83.1 Å². The van der Waals surface area contributed by atoms with Crippen LogP contribution < -0.4 is 0 Å². The van der Waals surface area contributed by atoms with Crippen molar-refractivity contribution in [3.63, 3.8) is 0 Å². The van der Waals surface area contributed by atoms with E-state index in [1.807, 2.05) is 66.7 Å². The molecule has 0 spiro atoms. The van der Waals surface area contributed by atoms with E-state index in [-0.39, 0.29) is 17.9 Å². The standard InChI is InChI=1S/C23H19NO4/c1-2-28-23(27)22-18(13-12-16-8-4-3-5-9-16)17-10-6-7-11-19(17)24-20(22)14-15-21(25)26/h3-15H,2H2,1H3,(H,25,26)/b13-12+,15-14+. The third-order valence-electron chi connectivity index (χ3n) is 4.07. The van der Waals surface area contributed by atoms with Crippen LogP contribution in [0.4, 0.5) is 0 Å². The molecule has 0 unspecified atom stereocenters. The Balaban J connectivity index is 2.27. The van der Waals surface area contributed by atoms with Crippen molar-refractivity contribution in [3.8, 4) is 0 Å². The van der Waals surface area contributed by atoms with Gasteiger partial charge in [-0.1, -0.05) is 60.7 Å². The second-order valence-electron chi connectivity index (χ2n) is 5.94. The molecule has 1 heterocycles. The molecule has 0 aliphatic rings. The van der Waals surface area contributed by atoms with E-state index in [9.17, 15) is 9.59 Å². The lowest BCUT2D eigenvalue weighted by Crippen LogP contribution is -2.11. The monoisotopic (exact) mass is 373 g/mol. The van der Waals surface area contributed by atoms with Gasteiger partial charge < -0.3 is 9.84 Å². The molecule has 2 aromatic carbocycles. The number of aromatic nitrogens is 1. The second kappa shape index (κ2) is 8.77. The van der Waals surface area contributed by atoms with Gasteiger partial charge in [-0.3, -0.25) is 0 Å². The number of fused-ring (bicyclic) bond motifs is 1. The number of carboxylic acids is 1. The SMILES string of the molecule is CCOC(=O)c1c(/C=C/C(=O)O)nc2ccccc2c1/C=C/c1ccccc1. The van der Waals surface area contributed by atoms with E-state index in [1.165, 1.54) is 6.08 Å². The van der Waals surface area contributed by atoms with Crippen molar-refractivity contribution in [2.45, 2.75) is 6.92 Å². The summed E-state index contributed by atoms with van der Waals surface area (Å²) in [5.41, 5.74) is 2.77. The number of aliphatic carboxylic acids is 1. The van der Waals surface area contributed by atoms with Gasteiger partial charge in [0.1, 0.15) is 0 Å². The van der Waals surface area contributed by atoms with Crippen LogP contribution in [0.25, 0.3) is 29.1 Å². The molecule has 1 N–H and O–H groups in total. The van der Waals surface area contributed by atoms with E-state index in [0.29, 0.717) is 11.1 Å². The van der Waals surface area contributed by atoms with Gasteiger partial charge >= 0.3 is 11.9 Å². The first-order chi connectivity index (χ1) is 13.6. The summed E-state index contributed by atoms with van der Waals surface area (Å²) in [4.78, 5) is 28.2. The molecule has 0 aliphatic heterocycles. The highest BCUT2D eigenvalue weighted by atomic mass is 16.5. The average Bonchev–Trinajstić information content (AvgIpc) is 2.70. The lowest BCUT2D eigenvalue weighted by Gasteiger charge is -2.12. The van der Waals surface area contributed by atoms with E-state index < -0.39 is 11.9 Å². The van der Waals surface area contributed by atoms with Gasteiger partial charge in [-0.05, 0) is 24.6 Å². The van der Waals surface area contributed by atoms with Crippen molar-refractivity contribution in [1.29, 1.82) is 0 Å². The van der Waals surface area contributed by atoms with E-state index in [1.54, 1.807) is 6.92 Å². The van der Waals surface area contributed by atoms with Gasteiger partial charge in [0.25, 0.3) is 0 Å². The number of esters is 1. The number of nitrogens with zero attached hydrogens (tertiary/aromatic N) is 1. The van der Waals surface area contributed by atoms with E-state index in [2.05, 4.69) is 4.98 Å². The Morgan fingerprint density at radius 2 is 1.71 bits per heavy atom. The maximum Gasteiger partial charge on any atom is 0.340 e. The van der Waals surface area contributed by atoms with E-state index in [4.69, 9.17) is 9.84 Å². The lowest BCUT2D eigenvalue weighted by molar-refractivity contribution is -0.131. The molecule has 5 heteroatoms. The summed E-state index contributed by atoms with van der Waals surface area (Å²) in [7, 11) is 0. The molecule has 28 heavy (non-hydrogen) atoms. The third kappa shape index (κ3) is 4.32. The summed E-state index contributed by atoms with van der Waals surface area (Å²) in [6.45, 7) is 1.92. The minimum absolute atomic E-state index is 0.204. The van der Waals surface area contributed by atoms with Crippen molar-refractivity contribution >= 4 is 41.1 Å². The number of carbonyl (C=O) groups excluding carboxylic acids is 1. The number of rotatable bonds is 6. The molecule has 3 rings (SSSR count). The molecule has 0 radical (unpaired) electrons. The number of carbonyl (C=O) groups is 2. The number of para-hydroxylation sites is 1. The molecule has 1 aromatic heterocycles. The van der Waals surface area contributed by atoms with Gasteiger partial charge in [-0.2, -0.15) is 0 Å². The normalized spacial score (nSPS) is 11.3. The van der Waals surface area contributed by atoms with Crippen LogP contribution in [0.2, 0.25) is 0 Å². The molecule has 0 saturated heterocycles. The quantitative estimate of drug-likeness (QED) is 0.501. The number of pyridine rings is 1.